The second-order valence-electron chi connectivity index (χ2n) is 3.95. The minimum Gasteiger partial charge on any atom is -0.469 e. The molecule has 15 heavy (non-hydrogen) atoms. The normalized spacial score (nSPS) is 14.7. The van der Waals surface area contributed by atoms with Crippen molar-refractivity contribution in [2.75, 3.05) is 5.33 Å². The lowest BCUT2D eigenvalue weighted by Gasteiger charge is -2.26. The third-order valence-electron chi connectivity index (χ3n) is 2.48. The van der Waals surface area contributed by atoms with Gasteiger partial charge < -0.3 is 9.73 Å². The van der Waals surface area contributed by atoms with Crippen molar-refractivity contribution in [3.05, 3.63) is 23.7 Å². The molecule has 1 rings (SSSR count). The van der Waals surface area contributed by atoms with Crippen LogP contribution in [0, 0.1) is 6.92 Å². The van der Waals surface area contributed by atoms with Crippen LogP contribution in [0.4, 0.5) is 0 Å². The van der Waals surface area contributed by atoms with E-state index in [-0.39, 0.29) is 11.4 Å². The van der Waals surface area contributed by atoms with Crippen LogP contribution in [0.5, 0.6) is 0 Å². The SMILES string of the molecule is CCC(C)(CBr)NC(=O)c1coc(C)c1. The van der Waals surface area contributed by atoms with Gasteiger partial charge in [-0.2, -0.15) is 0 Å². The lowest BCUT2D eigenvalue weighted by atomic mass is 10.0. The van der Waals surface area contributed by atoms with Gasteiger partial charge in [0.05, 0.1) is 5.56 Å². The van der Waals surface area contributed by atoms with Gasteiger partial charge >= 0.3 is 0 Å². The van der Waals surface area contributed by atoms with Crippen LogP contribution in [0.2, 0.25) is 0 Å². The van der Waals surface area contributed by atoms with Gasteiger partial charge in [0, 0.05) is 10.9 Å². The standard InChI is InChI=1S/C11H16BrNO2/c1-4-11(3,7-12)13-10(14)9-5-8(2)15-6-9/h5-6H,4,7H2,1-3H3,(H,13,14). The molecule has 3 nitrogen and oxygen atoms in total. The zero-order chi connectivity index (χ0) is 11.5. The smallest absolute Gasteiger partial charge is 0.254 e. The highest BCUT2D eigenvalue weighted by Gasteiger charge is 2.23. The summed E-state index contributed by atoms with van der Waals surface area (Å²) in [6, 6.07) is 1.74. The van der Waals surface area contributed by atoms with E-state index < -0.39 is 0 Å². The highest BCUT2D eigenvalue weighted by Crippen LogP contribution is 2.14. The molecule has 1 unspecified atom stereocenters. The number of carbonyl (C=O) groups excluding carboxylic acids is 1. The molecular formula is C11H16BrNO2. The van der Waals surface area contributed by atoms with Crippen LogP contribution in [0.25, 0.3) is 0 Å². The molecule has 0 bridgehead atoms. The minimum atomic E-state index is -0.206. The lowest BCUT2D eigenvalue weighted by Crippen LogP contribution is -2.46. The lowest BCUT2D eigenvalue weighted by molar-refractivity contribution is 0.0913. The van der Waals surface area contributed by atoms with E-state index in [9.17, 15) is 4.79 Å². The zero-order valence-corrected chi connectivity index (χ0v) is 10.8. The number of nitrogens with one attached hydrogen (secondary N) is 1. The van der Waals surface area contributed by atoms with E-state index in [1.807, 2.05) is 20.8 Å². The fraction of sp³-hybridized carbons (Fsp3) is 0.545. The monoisotopic (exact) mass is 273 g/mol. The molecule has 0 spiro atoms. The van der Waals surface area contributed by atoms with Crippen LogP contribution >= 0.6 is 15.9 Å². The van der Waals surface area contributed by atoms with E-state index in [2.05, 4.69) is 21.2 Å². The molecule has 1 N–H and O–H groups in total. The van der Waals surface area contributed by atoms with Gasteiger partial charge in [-0.15, -0.1) is 0 Å². The summed E-state index contributed by atoms with van der Waals surface area (Å²) in [5, 5.41) is 3.71. The van der Waals surface area contributed by atoms with Gasteiger partial charge in [-0.05, 0) is 26.3 Å². The zero-order valence-electron chi connectivity index (χ0n) is 9.26. The van der Waals surface area contributed by atoms with Crippen molar-refractivity contribution < 1.29 is 9.21 Å². The number of amides is 1. The fourth-order valence-electron chi connectivity index (χ4n) is 1.13. The Bertz CT molecular complexity index is 342. The largest absolute Gasteiger partial charge is 0.469 e. The van der Waals surface area contributed by atoms with Gasteiger partial charge in [-0.1, -0.05) is 22.9 Å². The Balaban J connectivity index is 2.71. The first-order chi connectivity index (χ1) is 7.00. The molecule has 0 saturated heterocycles. The summed E-state index contributed by atoms with van der Waals surface area (Å²) in [6.45, 7) is 5.87. The summed E-state index contributed by atoms with van der Waals surface area (Å²) in [5.41, 5.74) is 0.371. The van der Waals surface area contributed by atoms with Crippen LogP contribution in [-0.2, 0) is 0 Å². The molecule has 1 atom stereocenters. The maximum Gasteiger partial charge on any atom is 0.254 e. The molecular weight excluding hydrogens is 258 g/mol. The number of aryl methyl sites for hydroxylation is 1. The van der Waals surface area contributed by atoms with E-state index in [1.54, 1.807) is 6.07 Å². The summed E-state index contributed by atoms with van der Waals surface area (Å²) in [7, 11) is 0. The van der Waals surface area contributed by atoms with Crippen LogP contribution in [0.3, 0.4) is 0 Å². The second-order valence-corrected chi connectivity index (χ2v) is 4.51. The summed E-state index contributed by atoms with van der Waals surface area (Å²) < 4.78 is 5.09. The number of furan rings is 1. The molecule has 1 amide bonds. The fourth-order valence-corrected chi connectivity index (χ4v) is 1.66. The van der Waals surface area contributed by atoms with Crippen molar-refractivity contribution in [1.29, 1.82) is 0 Å². The molecule has 84 valence electrons. The minimum absolute atomic E-state index is 0.0874. The molecule has 4 heteroatoms. The predicted octanol–water partition coefficient (Wildman–Crippen LogP) is 2.88. The average molecular weight is 274 g/mol. The first kappa shape index (κ1) is 12.3. The van der Waals surface area contributed by atoms with Gasteiger partial charge in [0.2, 0.25) is 0 Å². The van der Waals surface area contributed by atoms with Crippen molar-refractivity contribution in [1.82, 2.24) is 5.32 Å². The van der Waals surface area contributed by atoms with Gasteiger partial charge in [0.15, 0.2) is 0 Å². The molecule has 1 aromatic heterocycles. The highest BCUT2D eigenvalue weighted by molar-refractivity contribution is 9.09. The third-order valence-corrected chi connectivity index (χ3v) is 3.72. The Morgan fingerprint density at radius 2 is 2.33 bits per heavy atom. The Kier molecular flexibility index (Phi) is 3.97. The van der Waals surface area contributed by atoms with E-state index >= 15 is 0 Å². The number of rotatable bonds is 4. The third kappa shape index (κ3) is 3.09. The van der Waals surface area contributed by atoms with E-state index in [0.717, 1.165) is 17.5 Å². The molecule has 0 saturated carbocycles. The van der Waals surface area contributed by atoms with Gasteiger partial charge in [-0.3, -0.25) is 4.79 Å². The number of halogens is 1. The molecule has 0 fully saturated rings. The second kappa shape index (κ2) is 4.84. The van der Waals surface area contributed by atoms with Crippen molar-refractivity contribution in [3.63, 3.8) is 0 Å². The van der Waals surface area contributed by atoms with Crippen molar-refractivity contribution >= 4 is 21.8 Å². The molecule has 1 heterocycles. The van der Waals surface area contributed by atoms with Crippen LogP contribution in [0.15, 0.2) is 16.7 Å². The van der Waals surface area contributed by atoms with E-state index in [1.165, 1.54) is 6.26 Å². The molecule has 0 aliphatic carbocycles. The first-order valence-electron chi connectivity index (χ1n) is 4.94. The Labute approximate surface area is 98.4 Å². The van der Waals surface area contributed by atoms with Gasteiger partial charge in [0.1, 0.15) is 12.0 Å². The number of alkyl halides is 1. The maximum absolute atomic E-state index is 11.8. The molecule has 0 aliphatic heterocycles. The summed E-state index contributed by atoms with van der Waals surface area (Å²) in [4.78, 5) is 11.8. The summed E-state index contributed by atoms with van der Waals surface area (Å²) in [6.07, 6.45) is 2.36. The van der Waals surface area contributed by atoms with Crippen molar-refractivity contribution in [2.24, 2.45) is 0 Å². The van der Waals surface area contributed by atoms with Crippen molar-refractivity contribution in [2.45, 2.75) is 32.7 Å². The molecule has 0 radical (unpaired) electrons. The summed E-state index contributed by atoms with van der Waals surface area (Å²) in [5.74, 6) is 0.660. The van der Waals surface area contributed by atoms with E-state index in [0.29, 0.717) is 5.56 Å². The number of carbonyl (C=O) groups is 1. The van der Waals surface area contributed by atoms with Crippen molar-refractivity contribution in [3.8, 4) is 0 Å². The molecule has 0 aromatic carbocycles. The maximum atomic E-state index is 11.8. The topological polar surface area (TPSA) is 42.2 Å². The molecule has 0 aliphatic rings. The number of hydrogen-bond acceptors (Lipinski definition) is 2. The first-order valence-corrected chi connectivity index (χ1v) is 6.06. The number of hydrogen-bond donors (Lipinski definition) is 1. The Morgan fingerprint density at radius 3 is 2.73 bits per heavy atom. The van der Waals surface area contributed by atoms with Gasteiger partial charge in [0.25, 0.3) is 5.91 Å². The molecule has 1 aromatic rings. The summed E-state index contributed by atoms with van der Waals surface area (Å²) >= 11 is 3.40. The van der Waals surface area contributed by atoms with E-state index in [4.69, 9.17) is 4.42 Å². The van der Waals surface area contributed by atoms with Gasteiger partial charge in [-0.25, -0.2) is 0 Å². The highest BCUT2D eigenvalue weighted by atomic mass is 79.9. The Morgan fingerprint density at radius 1 is 1.67 bits per heavy atom. The predicted molar refractivity (Wildman–Crippen MR) is 63.4 cm³/mol. The van der Waals surface area contributed by atoms with Crippen LogP contribution in [-0.4, -0.2) is 16.8 Å². The Hall–Kier alpha value is -0.770. The van der Waals surface area contributed by atoms with Crippen LogP contribution in [0.1, 0.15) is 36.4 Å². The quantitative estimate of drug-likeness (QED) is 0.858. The average Bonchev–Trinajstić information content (AvgIpc) is 2.65. The van der Waals surface area contributed by atoms with Crippen LogP contribution < -0.4 is 5.32 Å².